The zero-order chi connectivity index (χ0) is 22.1. The van der Waals surface area contributed by atoms with E-state index in [1.54, 1.807) is 11.9 Å². The van der Waals surface area contributed by atoms with Crippen LogP contribution in [-0.4, -0.2) is 41.8 Å². The summed E-state index contributed by atoms with van der Waals surface area (Å²) in [5, 5.41) is 2.88. The first-order chi connectivity index (χ1) is 15.0. The smallest absolute Gasteiger partial charge is 0.238 e. The van der Waals surface area contributed by atoms with Gasteiger partial charge in [-0.25, -0.2) is 0 Å². The average Bonchev–Trinajstić information content (AvgIpc) is 2.76. The third-order valence-corrected chi connectivity index (χ3v) is 4.94. The molecule has 0 spiro atoms. The third-order valence-electron chi connectivity index (χ3n) is 4.94. The summed E-state index contributed by atoms with van der Waals surface area (Å²) in [6, 6.07) is 27.6. The summed E-state index contributed by atoms with van der Waals surface area (Å²) in [6.07, 6.45) is 0. The highest BCUT2D eigenvalue weighted by molar-refractivity contribution is 5.92. The molecule has 31 heavy (non-hydrogen) atoms. The molecule has 0 heterocycles. The van der Waals surface area contributed by atoms with Crippen molar-refractivity contribution in [1.82, 2.24) is 9.80 Å². The molecule has 0 atom stereocenters. The van der Waals surface area contributed by atoms with Gasteiger partial charge >= 0.3 is 0 Å². The molecule has 3 aromatic rings. The molecule has 0 aliphatic carbocycles. The minimum atomic E-state index is -0.142. The lowest BCUT2D eigenvalue weighted by Gasteiger charge is -2.26. The van der Waals surface area contributed by atoms with E-state index >= 15 is 0 Å². The van der Waals surface area contributed by atoms with Crippen LogP contribution in [0.25, 0.3) is 0 Å². The van der Waals surface area contributed by atoms with Crippen molar-refractivity contribution in [3.05, 3.63) is 102 Å². The molecule has 0 radical (unpaired) electrons. The van der Waals surface area contributed by atoms with Gasteiger partial charge in [-0.15, -0.1) is 0 Å². The fourth-order valence-electron chi connectivity index (χ4n) is 3.31. The number of likely N-dealkylation sites (N-methyl/N-ethyl adjacent to an activating group) is 1. The second kappa shape index (κ2) is 11.1. The van der Waals surface area contributed by atoms with Crippen LogP contribution in [-0.2, 0) is 22.7 Å². The molecule has 160 valence electrons. The SMILES string of the molecule is Cc1ccc(NC(=O)CN(C)CC(=O)N(Cc2ccccc2)Cc2ccccc2)cc1. The Morgan fingerprint density at radius 2 is 1.26 bits per heavy atom. The summed E-state index contributed by atoms with van der Waals surface area (Å²) >= 11 is 0. The van der Waals surface area contributed by atoms with Crippen LogP contribution in [0, 0.1) is 6.92 Å². The van der Waals surface area contributed by atoms with E-state index in [0.717, 1.165) is 22.4 Å². The van der Waals surface area contributed by atoms with Crippen LogP contribution in [0.3, 0.4) is 0 Å². The molecule has 0 unspecified atom stereocenters. The molecule has 3 aromatic carbocycles. The lowest BCUT2D eigenvalue weighted by Crippen LogP contribution is -2.40. The summed E-state index contributed by atoms with van der Waals surface area (Å²) in [7, 11) is 1.79. The highest BCUT2D eigenvalue weighted by atomic mass is 16.2. The van der Waals surface area contributed by atoms with Crippen molar-refractivity contribution in [2.45, 2.75) is 20.0 Å². The largest absolute Gasteiger partial charge is 0.333 e. The third kappa shape index (κ3) is 7.39. The van der Waals surface area contributed by atoms with Crippen molar-refractivity contribution in [3.8, 4) is 0 Å². The van der Waals surface area contributed by atoms with Crippen LogP contribution < -0.4 is 5.32 Å². The number of nitrogens with zero attached hydrogens (tertiary/aromatic N) is 2. The number of carbonyl (C=O) groups is 2. The van der Waals surface area contributed by atoms with E-state index in [1.807, 2.05) is 96.8 Å². The van der Waals surface area contributed by atoms with Gasteiger partial charge in [-0.3, -0.25) is 14.5 Å². The Morgan fingerprint density at radius 3 is 1.77 bits per heavy atom. The van der Waals surface area contributed by atoms with Gasteiger partial charge in [0.05, 0.1) is 13.1 Å². The number of carbonyl (C=O) groups excluding carboxylic acids is 2. The molecule has 0 aromatic heterocycles. The van der Waals surface area contributed by atoms with Gasteiger partial charge in [0.25, 0.3) is 0 Å². The first-order valence-corrected chi connectivity index (χ1v) is 10.4. The molecule has 0 saturated carbocycles. The van der Waals surface area contributed by atoms with Crippen molar-refractivity contribution in [2.24, 2.45) is 0 Å². The first kappa shape index (κ1) is 22.2. The van der Waals surface area contributed by atoms with Gasteiger partial charge in [0.2, 0.25) is 11.8 Å². The topological polar surface area (TPSA) is 52.7 Å². The van der Waals surface area contributed by atoms with Gasteiger partial charge in [-0.05, 0) is 37.2 Å². The highest BCUT2D eigenvalue weighted by Crippen LogP contribution is 2.12. The molecule has 0 bridgehead atoms. The number of hydrogen-bond acceptors (Lipinski definition) is 3. The Bertz CT molecular complexity index is 931. The molecule has 0 fully saturated rings. The van der Waals surface area contributed by atoms with Crippen LogP contribution in [0.4, 0.5) is 5.69 Å². The second-order valence-corrected chi connectivity index (χ2v) is 7.81. The van der Waals surface area contributed by atoms with Gasteiger partial charge in [0, 0.05) is 18.8 Å². The lowest BCUT2D eigenvalue weighted by molar-refractivity contribution is -0.133. The van der Waals surface area contributed by atoms with Gasteiger partial charge in [0.1, 0.15) is 0 Å². The van der Waals surface area contributed by atoms with Crippen molar-refractivity contribution in [3.63, 3.8) is 0 Å². The molecule has 5 nitrogen and oxygen atoms in total. The molecule has 2 amide bonds. The fraction of sp³-hybridized carbons (Fsp3) is 0.231. The van der Waals surface area contributed by atoms with E-state index in [9.17, 15) is 9.59 Å². The predicted molar refractivity (Wildman–Crippen MR) is 124 cm³/mol. The van der Waals surface area contributed by atoms with Crippen molar-refractivity contribution in [2.75, 3.05) is 25.5 Å². The standard InChI is InChI=1S/C26H29N3O2/c1-21-13-15-24(16-14-21)27-25(30)19-28(2)20-26(31)29(17-22-9-5-3-6-10-22)18-23-11-7-4-8-12-23/h3-16H,17-20H2,1-2H3,(H,27,30). The zero-order valence-corrected chi connectivity index (χ0v) is 18.1. The Labute approximate surface area is 184 Å². The molecular formula is C26H29N3O2. The Kier molecular flexibility index (Phi) is 7.96. The van der Waals surface area contributed by atoms with Crippen LogP contribution >= 0.6 is 0 Å². The average molecular weight is 416 g/mol. The normalized spacial score (nSPS) is 10.7. The molecule has 5 heteroatoms. The Hall–Kier alpha value is -3.44. The van der Waals surface area contributed by atoms with E-state index in [4.69, 9.17) is 0 Å². The number of rotatable bonds is 9. The summed E-state index contributed by atoms with van der Waals surface area (Å²) < 4.78 is 0. The molecule has 1 N–H and O–H groups in total. The molecule has 0 aliphatic heterocycles. The van der Waals surface area contributed by atoms with Gasteiger partial charge < -0.3 is 10.2 Å². The fourth-order valence-corrected chi connectivity index (χ4v) is 3.31. The monoisotopic (exact) mass is 415 g/mol. The minimum absolute atomic E-state index is 0.0154. The Morgan fingerprint density at radius 1 is 0.742 bits per heavy atom. The van der Waals surface area contributed by atoms with Gasteiger partial charge in [0.15, 0.2) is 0 Å². The number of aryl methyl sites for hydroxylation is 1. The second-order valence-electron chi connectivity index (χ2n) is 7.81. The van der Waals surface area contributed by atoms with Crippen LogP contribution in [0.1, 0.15) is 16.7 Å². The summed E-state index contributed by atoms with van der Waals surface area (Å²) in [5.74, 6) is -0.157. The van der Waals surface area contributed by atoms with E-state index in [0.29, 0.717) is 13.1 Å². The maximum atomic E-state index is 13.1. The summed E-state index contributed by atoms with van der Waals surface area (Å²) in [6.45, 7) is 3.36. The van der Waals surface area contributed by atoms with Crippen LogP contribution in [0.5, 0.6) is 0 Å². The van der Waals surface area contributed by atoms with Crippen LogP contribution in [0.2, 0.25) is 0 Å². The van der Waals surface area contributed by atoms with Crippen molar-refractivity contribution >= 4 is 17.5 Å². The molecule has 0 aliphatic rings. The molecule has 0 saturated heterocycles. The zero-order valence-electron chi connectivity index (χ0n) is 18.1. The number of amides is 2. The van der Waals surface area contributed by atoms with E-state index < -0.39 is 0 Å². The van der Waals surface area contributed by atoms with Crippen molar-refractivity contribution < 1.29 is 9.59 Å². The first-order valence-electron chi connectivity index (χ1n) is 10.4. The number of anilines is 1. The maximum absolute atomic E-state index is 13.1. The maximum Gasteiger partial charge on any atom is 0.238 e. The van der Waals surface area contributed by atoms with E-state index in [-0.39, 0.29) is 24.9 Å². The van der Waals surface area contributed by atoms with E-state index in [1.165, 1.54) is 0 Å². The number of hydrogen-bond donors (Lipinski definition) is 1. The highest BCUT2D eigenvalue weighted by Gasteiger charge is 2.18. The van der Waals surface area contributed by atoms with Gasteiger partial charge in [-0.2, -0.15) is 0 Å². The minimum Gasteiger partial charge on any atom is -0.333 e. The summed E-state index contributed by atoms with van der Waals surface area (Å²) in [4.78, 5) is 29.0. The van der Waals surface area contributed by atoms with E-state index in [2.05, 4.69) is 5.32 Å². The predicted octanol–water partition coefficient (Wildman–Crippen LogP) is 4.09. The number of benzene rings is 3. The summed E-state index contributed by atoms with van der Waals surface area (Å²) in [5.41, 5.74) is 4.04. The molecule has 3 rings (SSSR count). The quantitative estimate of drug-likeness (QED) is 0.573. The van der Waals surface area contributed by atoms with Gasteiger partial charge in [-0.1, -0.05) is 78.4 Å². The van der Waals surface area contributed by atoms with Crippen molar-refractivity contribution in [1.29, 1.82) is 0 Å². The molecular weight excluding hydrogens is 386 g/mol. The lowest BCUT2D eigenvalue weighted by atomic mass is 10.1. The number of nitrogens with one attached hydrogen (secondary N) is 1. The Balaban J connectivity index is 1.60. The van der Waals surface area contributed by atoms with Crippen LogP contribution in [0.15, 0.2) is 84.9 Å².